The minimum absolute atomic E-state index is 0.233. The zero-order valence-electron chi connectivity index (χ0n) is 9.47. The van der Waals surface area contributed by atoms with Crippen LogP contribution in [-0.2, 0) is 9.47 Å². The molecule has 0 radical (unpaired) electrons. The first-order chi connectivity index (χ1) is 8.59. The Bertz CT molecular complexity index is 406. The summed E-state index contributed by atoms with van der Waals surface area (Å²) in [6.45, 7) is -0.233. The molecule has 0 saturated carbocycles. The molecule has 1 aromatic rings. The number of carbonyl (C=O) groups excluding carboxylic acids is 1. The largest absolute Gasteiger partial charge is 0.459 e. The SMILES string of the molecule is O=C(OCC1O[C@H](O)[C@H](O)[C@@H]1O)c1ccccc1. The summed E-state index contributed by atoms with van der Waals surface area (Å²) >= 11 is 0. The number of ether oxygens (including phenoxy) is 2. The average Bonchev–Trinajstić information content (AvgIpc) is 2.64. The maximum Gasteiger partial charge on any atom is 0.338 e. The van der Waals surface area contributed by atoms with E-state index in [9.17, 15) is 15.0 Å². The maximum atomic E-state index is 11.6. The quantitative estimate of drug-likeness (QED) is 0.616. The van der Waals surface area contributed by atoms with Crippen LogP contribution < -0.4 is 0 Å². The third kappa shape index (κ3) is 2.68. The highest BCUT2D eigenvalue weighted by atomic mass is 16.7. The molecule has 1 fully saturated rings. The van der Waals surface area contributed by atoms with Crippen LogP contribution in [0.3, 0.4) is 0 Å². The van der Waals surface area contributed by atoms with Crippen LogP contribution in [0.5, 0.6) is 0 Å². The molecule has 3 N–H and O–H groups in total. The molecule has 6 heteroatoms. The second-order valence-electron chi connectivity index (χ2n) is 4.01. The fraction of sp³-hybridized carbons (Fsp3) is 0.417. The number of aliphatic hydroxyl groups is 3. The van der Waals surface area contributed by atoms with Gasteiger partial charge in [-0.2, -0.15) is 0 Å². The second kappa shape index (κ2) is 5.45. The summed E-state index contributed by atoms with van der Waals surface area (Å²) in [5.41, 5.74) is 0.381. The van der Waals surface area contributed by atoms with Crippen molar-refractivity contribution in [1.82, 2.24) is 0 Å². The Labute approximate surface area is 103 Å². The second-order valence-corrected chi connectivity index (χ2v) is 4.01. The van der Waals surface area contributed by atoms with Crippen molar-refractivity contribution in [2.75, 3.05) is 6.61 Å². The van der Waals surface area contributed by atoms with Crippen LogP contribution >= 0.6 is 0 Å². The van der Waals surface area contributed by atoms with Crippen molar-refractivity contribution in [3.63, 3.8) is 0 Å². The molecular formula is C12H14O6. The third-order valence-corrected chi connectivity index (χ3v) is 2.73. The van der Waals surface area contributed by atoms with Crippen LogP contribution in [0.15, 0.2) is 30.3 Å². The van der Waals surface area contributed by atoms with Crippen LogP contribution in [0.4, 0.5) is 0 Å². The predicted molar refractivity (Wildman–Crippen MR) is 59.6 cm³/mol. The van der Waals surface area contributed by atoms with Gasteiger partial charge in [-0.25, -0.2) is 4.79 Å². The number of carbonyl (C=O) groups is 1. The minimum Gasteiger partial charge on any atom is -0.459 e. The average molecular weight is 254 g/mol. The van der Waals surface area contributed by atoms with Gasteiger partial charge in [0.1, 0.15) is 24.9 Å². The van der Waals surface area contributed by atoms with Crippen molar-refractivity contribution >= 4 is 5.97 Å². The van der Waals surface area contributed by atoms with Gasteiger partial charge in [-0.05, 0) is 12.1 Å². The van der Waals surface area contributed by atoms with Crippen LogP contribution in [-0.4, -0.2) is 52.5 Å². The van der Waals surface area contributed by atoms with Crippen molar-refractivity contribution in [3.8, 4) is 0 Å². The highest BCUT2D eigenvalue weighted by molar-refractivity contribution is 5.89. The topological polar surface area (TPSA) is 96.2 Å². The fourth-order valence-corrected chi connectivity index (χ4v) is 1.68. The van der Waals surface area contributed by atoms with Gasteiger partial charge in [0.2, 0.25) is 0 Å². The first kappa shape index (κ1) is 13.0. The lowest BCUT2D eigenvalue weighted by atomic mass is 10.1. The summed E-state index contributed by atoms with van der Waals surface area (Å²) < 4.78 is 9.78. The maximum absolute atomic E-state index is 11.6. The van der Waals surface area contributed by atoms with Crippen LogP contribution in [0.2, 0.25) is 0 Å². The Morgan fingerprint density at radius 2 is 1.83 bits per heavy atom. The molecular weight excluding hydrogens is 240 g/mol. The smallest absolute Gasteiger partial charge is 0.338 e. The molecule has 0 amide bonds. The van der Waals surface area contributed by atoms with Gasteiger partial charge >= 0.3 is 5.97 Å². The van der Waals surface area contributed by atoms with Crippen molar-refractivity contribution < 1.29 is 29.6 Å². The Balaban J connectivity index is 1.88. The number of rotatable bonds is 3. The molecule has 98 valence electrons. The van der Waals surface area contributed by atoms with Gasteiger partial charge < -0.3 is 24.8 Å². The van der Waals surface area contributed by atoms with E-state index < -0.39 is 30.6 Å². The summed E-state index contributed by atoms with van der Waals surface area (Å²) in [4.78, 5) is 11.6. The van der Waals surface area contributed by atoms with E-state index in [2.05, 4.69) is 0 Å². The molecule has 0 bridgehead atoms. The Hall–Kier alpha value is -1.47. The van der Waals surface area contributed by atoms with Gasteiger partial charge in [-0.1, -0.05) is 18.2 Å². The molecule has 0 aromatic heterocycles. The first-order valence-corrected chi connectivity index (χ1v) is 5.51. The zero-order chi connectivity index (χ0) is 13.1. The number of hydrogen-bond acceptors (Lipinski definition) is 6. The van der Waals surface area contributed by atoms with Gasteiger partial charge in [-0.15, -0.1) is 0 Å². The summed E-state index contributed by atoms with van der Waals surface area (Å²) in [6, 6.07) is 8.36. The third-order valence-electron chi connectivity index (χ3n) is 2.73. The van der Waals surface area contributed by atoms with Crippen molar-refractivity contribution in [3.05, 3.63) is 35.9 Å². The summed E-state index contributed by atoms with van der Waals surface area (Å²) in [5.74, 6) is -0.553. The van der Waals surface area contributed by atoms with Gasteiger partial charge in [0.25, 0.3) is 0 Å². The number of aliphatic hydroxyl groups excluding tert-OH is 3. The number of hydrogen-bond donors (Lipinski definition) is 3. The predicted octanol–water partition coefficient (Wildman–Crippen LogP) is -0.718. The van der Waals surface area contributed by atoms with E-state index in [0.717, 1.165) is 0 Å². The van der Waals surface area contributed by atoms with Crippen molar-refractivity contribution in [1.29, 1.82) is 0 Å². The molecule has 1 aliphatic rings. The molecule has 1 saturated heterocycles. The van der Waals surface area contributed by atoms with Crippen LogP contribution in [0.25, 0.3) is 0 Å². The fourth-order valence-electron chi connectivity index (χ4n) is 1.68. The molecule has 0 aliphatic carbocycles. The Kier molecular flexibility index (Phi) is 3.93. The minimum atomic E-state index is -1.46. The highest BCUT2D eigenvalue weighted by Gasteiger charge is 2.42. The van der Waals surface area contributed by atoms with E-state index in [-0.39, 0.29) is 6.61 Å². The normalized spacial score (nSPS) is 31.3. The van der Waals surface area contributed by atoms with Crippen molar-refractivity contribution in [2.24, 2.45) is 0 Å². The van der Waals surface area contributed by atoms with E-state index in [1.54, 1.807) is 30.3 Å². The van der Waals surface area contributed by atoms with E-state index in [0.29, 0.717) is 5.56 Å². The van der Waals surface area contributed by atoms with E-state index in [1.165, 1.54) is 0 Å². The molecule has 2 rings (SSSR count). The number of benzene rings is 1. The monoisotopic (exact) mass is 254 g/mol. The lowest BCUT2D eigenvalue weighted by molar-refractivity contribution is -0.133. The van der Waals surface area contributed by atoms with E-state index in [4.69, 9.17) is 14.6 Å². The van der Waals surface area contributed by atoms with E-state index >= 15 is 0 Å². The zero-order valence-corrected chi connectivity index (χ0v) is 9.47. The molecule has 18 heavy (non-hydrogen) atoms. The standard InChI is InChI=1S/C12H14O6/c13-9-8(18-12(16)10(9)14)6-17-11(15)7-4-2-1-3-5-7/h1-5,8-10,12-14,16H,6H2/t8?,9-,10-,12+/m1/s1. The van der Waals surface area contributed by atoms with Gasteiger partial charge in [0, 0.05) is 0 Å². The molecule has 1 aliphatic heterocycles. The molecule has 6 nitrogen and oxygen atoms in total. The van der Waals surface area contributed by atoms with Crippen LogP contribution in [0, 0.1) is 0 Å². The van der Waals surface area contributed by atoms with Crippen LogP contribution in [0.1, 0.15) is 10.4 Å². The Morgan fingerprint density at radius 3 is 2.39 bits per heavy atom. The Morgan fingerprint density at radius 1 is 1.17 bits per heavy atom. The van der Waals surface area contributed by atoms with E-state index in [1.807, 2.05) is 0 Å². The molecule has 1 heterocycles. The molecule has 0 spiro atoms. The summed E-state index contributed by atoms with van der Waals surface area (Å²) in [6.07, 6.45) is -5.04. The van der Waals surface area contributed by atoms with Gasteiger partial charge in [-0.3, -0.25) is 0 Å². The number of esters is 1. The van der Waals surface area contributed by atoms with Crippen molar-refractivity contribution in [2.45, 2.75) is 24.6 Å². The summed E-state index contributed by atoms with van der Waals surface area (Å²) in [7, 11) is 0. The molecule has 1 aromatic carbocycles. The first-order valence-electron chi connectivity index (χ1n) is 5.51. The lowest BCUT2D eigenvalue weighted by Crippen LogP contribution is -2.34. The molecule has 4 atom stereocenters. The lowest BCUT2D eigenvalue weighted by Gasteiger charge is -2.14. The van der Waals surface area contributed by atoms with Gasteiger partial charge in [0.05, 0.1) is 5.56 Å². The molecule has 1 unspecified atom stereocenters. The van der Waals surface area contributed by atoms with Gasteiger partial charge in [0.15, 0.2) is 6.29 Å². The summed E-state index contributed by atoms with van der Waals surface area (Å²) in [5, 5.41) is 27.9. The highest BCUT2D eigenvalue weighted by Crippen LogP contribution is 2.20.